The van der Waals surface area contributed by atoms with E-state index in [9.17, 15) is 0 Å². The van der Waals surface area contributed by atoms with Crippen LogP contribution in [0.15, 0.2) is 4.99 Å². The van der Waals surface area contributed by atoms with Crippen LogP contribution in [-0.4, -0.2) is 36.7 Å². The van der Waals surface area contributed by atoms with Gasteiger partial charge in [-0.15, -0.1) is 0 Å². The van der Waals surface area contributed by atoms with Crippen LogP contribution in [-0.2, 0) is 4.74 Å². The van der Waals surface area contributed by atoms with E-state index < -0.39 is 0 Å². The summed E-state index contributed by atoms with van der Waals surface area (Å²) in [5, 5.41) is 4.48. The lowest BCUT2D eigenvalue weighted by atomic mass is 10.3. The molecule has 1 fully saturated rings. The molecule has 2 aliphatic rings. The fourth-order valence-electron chi connectivity index (χ4n) is 1.25. The van der Waals surface area contributed by atoms with Gasteiger partial charge in [-0.05, 0) is 6.42 Å². The number of ether oxygens (including phenoxy) is 1. The van der Waals surface area contributed by atoms with Crippen LogP contribution in [0.1, 0.15) is 6.42 Å². The lowest BCUT2D eigenvalue weighted by Crippen LogP contribution is -2.32. The summed E-state index contributed by atoms with van der Waals surface area (Å²) in [5.74, 6) is 1.13. The van der Waals surface area contributed by atoms with Crippen LogP contribution >= 0.6 is 11.8 Å². The maximum absolute atomic E-state index is 5.24. The standard InChI is InChI=1S/C7H12N2OS/c1-3-10-5-6(1)9-7-8-2-4-11-7/h6H,1-5H2,(H,8,9). The normalized spacial score (nSPS) is 30.5. The van der Waals surface area contributed by atoms with Gasteiger partial charge in [-0.1, -0.05) is 11.8 Å². The molecule has 0 aromatic heterocycles. The van der Waals surface area contributed by atoms with Crippen molar-refractivity contribution in [3.8, 4) is 0 Å². The van der Waals surface area contributed by atoms with Crippen molar-refractivity contribution >= 4 is 16.9 Å². The topological polar surface area (TPSA) is 33.6 Å². The predicted molar refractivity (Wildman–Crippen MR) is 47.1 cm³/mol. The molecule has 1 unspecified atom stereocenters. The van der Waals surface area contributed by atoms with Crippen LogP contribution in [0.25, 0.3) is 0 Å². The minimum Gasteiger partial charge on any atom is -0.379 e. The second-order valence-corrected chi connectivity index (χ2v) is 3.82. The van der Waals surface area contributed by atoms with E-state index in [0.717, 1.165) is 37.1 Å². The molecule has 0 spiro atoms. The van der Waals surface area contributed by atoms with Gasteiger partial charge < -0.3 is 10.1 Å². The van der Waals surface area contributed by atoms with E-state index in [2.05, 4.69) is 10.3 Å². The molecule has 1 atom stereocenters. The molecule has 3 nitrogen and oxygen atoms in total. The van der Waals surface area contributed by atoms with Gasteiger partial charge in [0.05, 0.1) is 19.2 Å². The van der Waals surface area contributed by atoms with Crippen molar-refractivity contribution in [2.75, 3.05) is 25.5 Å². The highest BCUT2D eigenvalue weighted by atomic mass is 32.2. The third-order valence-corrected chi connectivity index (χ3v) is 2.75. The number of thioether (sulfide) groups is 1. The Morgan fingerprint density at radius 2 is 2.64 bits per heavy atom. The number of amidine groups is 1. The van der Waals surface area contributed by atoms with Gasteiger partial charge in [0.25, 0.3) is 0 Å². The first-order chi connectivity index (χ1) is 5.45. The zero-order valence-electron chi connectivity index (χ0n) is 6.38. The summed E-state index contributed by atoms with van der Waals surface area (Å²) in [6.45, 7) is 2.72. The first-order valence-corrected chi connectivity index (χ1v) is 4.95. The number of nitrogens with one attached hydrogen (secondary N) is 1. The van der Waals surface area contributed by atoms with Crippen LogP contribution in [0.4, 0.5) is 0 Å². The van der Waals surface area contributed by atoms with Gasteiger partial charge in [-0.25, -0.2) is 0 Å². The van der Waals surface area contributed by atoms with Crippen molar-refractivity contribution in [3.63, 3.8) is 0 Å². The minimum atomic E-state index is 0.513. The molecular formula is C7H12N2OS. The summed E-state index contributed by atoms with van der Waals surface area (Å²) in [7, 11) is 0. The van der Waals surface area contributed by atoms with Crippen LogP contribution in [0, 0.1) is 0 Å². The quantitative estimate of drug-likeness (QED) is 0.624. The highest BCUT2D eigenvalue weighted by Gasteiger charge is 2.17. The van der Waals surface area contributed by atoms with E-state index in [1.807, 2.05) is 11.8 Å². The van der Waals surface area contributed by atoms with Gasteiger partial charge in [0.2, 0.25) is 0 Å². The van der Waals surface area contributed by atoms with E-state index in [0.29, 0.717) is 6.04 Å². The Morgan fingerprint density at radius 1 is 1.64 bits per heavy atom. The zero-order chi connectivity index (χ0) is 7.52. The van der Waals surface area contributed by atoms with Crippen molar-refractivity contribution in [2.45, 2.75) is 12.5 Å². The lowest BCUT2D eigenvalue weighted by molar-refractivity contribution is 0.192. The molecule has 0 saturated carbocycles. The largest absolute Gasteiger partial charge is 0.379 e. The number of hydrogen-bond donors (Lipinski definition) is 1. The second kappa shape index (κ2) is 3.45. The van der Waals surface area contributed by atoms with Crippen molar-refractivity contribution in [3.05, 3.63) is 0 Å². The molecule has 62 valence electrons. The van der Waals surface area contributed by atoms with Crippen molar-refractivity contribution in [2.24, 2.45) is 4.99 Å². The first-order valence-electron chi connectivity index (χ1n) is 3.97. The Balaban J connectivity index is 1.79. The number of rotatable bonds is 1. The van der Waals surface area contributed by atoms with Crippen LogP contribution in [0.2, 0.25) is 0 Å². The fraction of sp³-hybridized carbons (Fsp3) is 0.857. The number of hydrogen-bond acceptors (Lipinski definition) is 4. The highest BCUT2D eigenvalue weighted by molar-refractivity contribution is 8.14. The maximum atomic E-state index is 5.24. The van der Waals surface area contributed by atoms with Gasteiger partial charge in [-0.3, -0.25) is 4.99 Å². The van der Waals surface area contributed by atoms with Gasteiger partial charge in [-0.2, -0.15) is 0 Å². The smallest absolute Gasteiger partial charge is 0.156 e. The van der Waals surface area contributed by atoms with Crippen molar-refractivity contribution in [1.29, 1.82) is 0 Å². The lowest BCUT2D eigenvalue weighted by Gasteiger charge is -2.09. The Morgan fingerprint density at radius 3 is 3.27 bits per heavy atom. The molecule has 1 N–H and O–H groups in total. The summed E-state index contributed by atoms with van der Waals surface area (Å²) >= 11 is 1.81. The number of aliphatic imine (C=N–C) groups is 1. The Labute approximate surface area is 70.6 Å². The first kappa shape index (κ1) is 7.43. The Bertz CT molecular complexity index is 166. The highest BCUT2D eigenvalue weighted by Crippen LogP contribution is 2.12. The molecule has 0 bridgehead atoms. The van der Waals surface area contributed by atoms with Crippen LogP contribution < -0.4 is 5.32 Å². The second-order valence-electron chi connectivity index (χ2n) is 2.74. The van der Waals surface area contributed by atoms with E-state index in [-0.39, 0.29) is 0 Å². The summed E-state index contributed by atoms with van der Waals surface area (Å²) in [6, 6.07) is 0.513. The summed E-state index contributed by atoms with van der Waals surface area (Å²) in [6.07, 6.45) is 1.12. The fourth-order valence-corrected chi connectivity index (χ4v) is 2.05. The number of nitrogens with zero attached hydrogens (tertiary/aromatic N) is 1. The van der Waals surface area contributed by atoms with Gasteiger partial charge in [0, 0.05) is 12.4 Å². The molecular weight excluding hydrogens is 160 g/mol. The SMILES string of the molecule is C1CSC(NC2CCOC2)=N1. The van der Waals surface area contributed by atoms with E-state index >= 15 is 0 Å². The van der Waals surface area contributed by atoms with E-state index in [1.165, 1.54) is 0 Å². The predicted octanol–water partition coefficient (Wildman–Crippen LogP) is 0.468. The van der Waals surface area contributed by atoms with E-state index in [1.54, 1.807) is 0 Å². The molecule has 4 heteroatoms. The molecule has 2 rings (SSSR count). The van der Waals surface area contributed by atoms with Crippen molar-refractivity contribution < 1.29 is 4.74 Å². The molecule has 2 aliphatic heterocycles. The summed E-state index contributed by atoms with van der Waals surface area (Å²) in [5.41, 5.74) is 0. The monoisotopic (exact) mass is 172 g/mol. The zero-order valence-corrected chi connectivity index (χ0v) is 7.19. The third kappa shape index (κ3) is 1.87. The molecule has 0 aromatic rings. The molecule has 0 amide bonds. The third-order valence-electron chi connectivity index (χ3n) is 1.84. The molecule has 11 heavy (non-hydrogen) atoms. The van der Waals surface area contributed by atoms with Gasteiger partial charge in [0.15, 0.2) is 5.17 Å². The average Bonchev–Trinajstić information content (AvgIpc) is 2.60. The van der Waals surface area contributed by atoms with Crippen LogP contribution in [0.5, 0.6) is 0 Å². The average molecular weight is 172 g/mol. The minimum absolute atomic E-state index is 0.513. The summed E-state index contributed by atoms with van der Waals surface area (Å²) in [4.78, 5) is 4.31. The van der Waals surface area contributed by atoms with Gasteiger partial charge >= 0.3 is 0 Å². The van der Waals surface area contributed by atoms with Crippen molar-refractivity contribution in [1.82, 2.24) is 5.32 Å². The molecule has 0 aliphatic carbocycles. The molecule has 0 aromatic carbocycles. The molecule has 0 radical (unpaired) electrons. The van der Waals surface area contributed by atoms with Crippen LogP contribution in [0.3, 0.4) is 0 Å². The Hall–Kier alpha value is -0.220. The van der Waals surface area contributed by atoms with Gasteiger partial charge in [0.1, 0.15) is 0 Å². The molecule has 2 heterocycles. The Kier molecular flexibility index (Phi) is 2.33. The van der Waals surface area contributed by atoms with E-state index in [4.69, 9.17) is 4.74 Å². The molecule has 1 saturated heterocycles. The maximum Gasteiger partial charge on any atom is 0.156 e. The summed E-state index contributed by atoms with van der Waals surface area (Å²) < 4.78 is 5.24.